The highest BCUT2D eigenvalue weighted by molar-refractivity contribution is 7.89. The van der Waals surface area contributed by atoms with Crippen molar-refractivity contribution in [3.63, 3.8) is 0 Å². The highest BCUT2D eigenvalue weighted by Crippen LogP contribution is 2.08. The summed E-state index contributed by atoms with van der Waals surface area (Å²) in [5.74, 6) is -1.41. The lowest BCUT2D eigenvalue weighted by molar-refractivity contribution is -0.142. The molecule has 0 saturated heterocycles. The van der Waals surface area contributed by atoms with Gasteiger partial charge >= 0.3 is 5.97 Å². The zero-order valence-electron chi connectivity index (χ0n) is 16.1. The topological polar surface area (TPSA) is 113 Å². The normalized spacial score (nSPS) is 12.3. The second-order valence-corrected chi connectivity index (χ2v) is 8.42. The first-order chi connectivity index (χ1) is 13.9. The fourth-order valence-electron chi connectivity index (χ4n) is 2.79. The molecule has 0 spiro atoms. The molecule has 0 saturated carbocycles. The Morgan fingerprint density at radius 1 is 0.931 bits per heavy atom. The van der Waals surface area contributed by atoms with Crippen molar-refractivity contribution in [1.82, 2.24) is 10.0 Å². The molecule has 29 heavy (non-hydrogen) atoms. The number of amides is 1. The third kappa shape index (κ3) is 8.05. The standard InChI is InChI=1S/C21H26N2O5S/c24-20(15-14-17-9-3-1-4-10-17)23-19(21(25)26)13-7-8-16-22-29(27,28)18-11-5-2-6-12-18/h1-6,9-12,19,22H,7-8,13-16H2,(H,23,24)(H,25,26). The van der Waals surface area contributed by atoms with E-state index in [0.29, 0.717) is 19.3 Å². The van der Waals surface area contributed by atoms with Crippen LogP contribution in [0.2, 0.25) is 0 Å². The number of unbranched alkanes of at least 4 members (excludes halogenated alkanes) is 1. The van der Waals surface area contributed by atoms with Crippen molar-refractivity contribution in [2.45, 2.75) is 43.0 Å². The van der Waals surface area contributed by atoms with Crippen LogP contribution in [0, 0.1) is 0 Å². The Morgan fingerprint density at radius 2 is 1.55 bits per heavy atom. The largest absolute Gasteiger partial charge is 0.480 e. The summed E-state index contributed by atoms with van der Waals surface area (Å²) in [6.45, 7) is 0.200. The second-order valence-electron chi connectivity index (χ2n) is 6.65. The van der Waals surface area contributed by atoms with Gasteiger partial charge in [0.15, 0.2) is 0 Å². The van der Waals surface area contributed by atoms with Crippen LogP contribution in [-0.2, 0) is 26.0 Å². The van der Waals surface area contributed by atoms with Gasteiger partial charge in [-0.15, -0.1) is 0 Å². The Bertz CT molecular complexity index is 886. The minimum absolute atomic E-state index is 0.189. The van der Waals surface area contributed by atoms with Gasteiger partial charge < -0.3 is 10.4 Å². The number of benzene rings is 2. The van der Waals surface area contributed by atoms with Gasteiger partial charge in [0.05, 0.1) is 4.90 Å². The molecule has 0 radical (unpaired) electrons. The lowest BCUT2D eigenvalue weighted by Crippen LogP contribution is -2.41. The number of carboxylic acids is 1. The SMILES string of the molecule is O=C(CCc1ccccc1)NC(CCCCNS(=O)(=O)c1ccccc1)C(=O)O. The number of carboxylic acid groups (broad SMARTS) is 1. The molecule has 0 fully saturated rings. The van der Waals surface area contributed by atoms with E-state index in [1.165, 1.54) is 12.1 Å². The van der Waals surface area contributed by atoms with E-state index in [-0.39, 0.29) is 30.2 Å². The highest BCUT2D eigenvalue weighted by Gasteiger charge is 2.19. The van der Waals surface area contributed by atoms with Crippen molar-refractivity contribution in [1.29, 1.82) is 0 Å². The molecule has 3 N–H and O–H groups in total. The van der Waals surface area contributed by atoms with Crippen molar-refractivity contribution >= 4 is 21.9 Å². The Hall–Kier alpha value is -2.71. The van der Waals surface area contributed by atoms with E-state index in [0.717, 1.165) is 5.56 Å². The maximum Gasteiger partial charge on any atom is 0.326 e. The van der Waals surface area contributed by atoms with Gasteiger partial charge in [0.1, 0.15) is 6.04 Å². The molecule has 1 amide bonds. The van der Waals surface area contributed by atoms with E-state index >= 15 is 0 Å². The van der Waals surface area contributed by atoms with Gasteiger partial charge in [-0.2, -0.15) is 0 Å². The number of aryl methyl sites for hydroxylation is 1. The molecule has 0 aliphatic rings. The number of aliphatic carboxylic acids is 1. The highest BCUT2D eigenvalue weighted by atomic mass is 32.2. The van der Waals surface area contributed by atoms with Crippen LogP contribution in [0.15, 0.2) is 65.6 Å². The van der Waals surface area contributed by atoms with Gasteiger partial charge in [0.2, 0.25) is 15.9 Å². The molecule has 2 rings (SSSR count). The molecule has 1 unspecified atom stereocenters. The molecule has 2 aromatic rings. The zero-order chi connectivity index (χ0) is 21.1. The summed E-state index contributed by atoms with van der Waals surface area (Å²) >= 11 is 0. The summed E-state index contributed by atoms with van der Waals surface area (Å²) in [4.78, 5) is 23.6. The molecule has 2 aromatic carbocycles. The lowest BCUT2D eigenvalue weighted by atomic mass is 10.1. The van der Waals surface area contributed by atoms with Gasteiger partial charge in [-0.3, -0.25) is 4.79 Å². The van der Waals surface area contributed by atoms with Crippen LogP contribution < -0.4 is 10.0 Å². The van der Waals surface area contributed by atoms with Crippen molar-refractivity contribution in [3.8, 4) is 0 Å². The van der Waals surface area contributed by atoms with Gasteiger partial charge in [-0.05, 0) is 43.4 Å². The van der Waals surface area contributed by atoms with Crippen LogP contribution in [0.3, 0.4) is 0 Å². The molecule has 156 valence electrons. The zero-order valence-corrected chi connectivity index (χ0v) is 16.9. The van der Waals surface area contributed by atoms with Crippen molar-refractivity contribution in [2.75, 3.05) is 6.54 Å². The van der Waals surface area contributed by atoms with Crippen LogP contribution in [0.25, 0.3) is 0 Å². The van der Waals surface area contributed by atoms with Crippen molar-refractivity contribution in [3.05, 3.63) is 66.2 Å². The van der Waals surface area contributed by atoms with Gasteiger partial charge in [-0.1, -0.05) is 48.5 Å². The number of hydrogen-bond acceptors (Lipinski definition) is 4. The third-order valence-corrected chi connectivity index (χ3v) is 5.86. The quantitative estimate of drug-likeness (QED) is 0.458. The van der Waals surface area contributed by atoms with Crippen molar-refractivity contribution < 1.29 is 23.1 Å². The summed E-state index contributed by atoms with van der Waals surface area (Å²) in [5, 5.41) is 11.9. The number of nitrogens with one attached hydrogen (secondary N) is 2. The Balaban J connectivity index is 1.71. The fourth-order valence-corrected chi connectivity index (χ4v) is 3.88. The maximum atomic E-state index is 12.1. The van der Waals surface area contributed by atoms with Crippen LogP contribution >= 0.6 is 0 Å². The fraction of sp³-hybridized carbons (Fsp3) is 0.333. The third-order valence-electron chi connectivity index (χ3n) is 4.38. The Morgan fingerprint density at radius 3 is 2.17 bits per heavy atom. The second kappa shape index (κ2) is 11.3. The van der Waals surface area contributed by atoms with Crippen LogP contribution in [0.5, 0.6) is 0 Å². The Kier molecular flexibility index (Phi) is 8.82. The average Bonchev–Trinajstić information content (AvgIpc) is 2.72. The predicted octanol–water partition coefficient (Wildman–Crippen LogP) is 2.34. The van der Waals surface area contributed by atoms with Crippen LogP contribution in [0.4, 0.5) is 0 Å². The number of rotatable bonds is 12. The summed E-state index contributed by atoms with van der Waals surface area (Å²) < 4.78 is 26.7. The lowest BCUT2D eigenvalue weighted by Gasteiger charge is -2.14. The molecule has 0 aromatic heterocycles. The van der Waals surface area contributed by atoms with Gasteiger partial charge in [0.25, 0.3) is 0 Å². The van der Waals surface area contributed by atoms with E-state index in [4.69, 9.17) is 0 Å². The van der Waals surface area contributed by atoms with E-state index in [9.17, 15) is 23.1 Å². The van der Waals surface area contributed by atoms with E-state index in [2.05, 4.69) is 10.0 Å². The molecule has 8 heteroatoms. The van der Waals surface area contributed by atoms with E-state index in [1.807, 2.05) is 30.3 Å². The van der Waals surface area contributed by atoms with Gasteiger partial charge in [-0.25, -0.2) is 17.9 Å². The number of carbonyl (C=O) groups is 2. The maximum absolute atomic E-state index is 12.1. The Labute approximate surface area is 171 Å². The molecule has 1 atom stereocenters. The number of carbonyl (C=O) groups excluding carboxylic acids is 1. The first-order valence-electron chi connectivity index (χ1n) is 9.49. The van der Waals surface area contributed by atoms with Crippen LogP contribution in [-0.4, -0.2) is 38.0 Å². The molecular weight excluding hydrogens is 392 g/mol. The molecular formula is C21H26N2O5S. The molecule has 0 aliphatic carbocycles. The summed E-state index contributed by atoms with van der Waals surface area (Å²) in [7, 11) is -3.57. The summed E-state index contributed by atoms with van der Waals surface area (Å²) in [6, 6.07) is 16.6. The minimum atomic E-state index is -3.57. The van der Waals surface area contributed by atoms with Gasteiger partial charge in [0, 0.05) is 13.0 Å². The molecule has 0 aliphatic heterocycles. The number of hydrogen-bond donors (Lipinski definition) is 3. The molecule has 0 bridgehead atoms. The van der Waals surface area contributed by atoms with Crippen molar-refractivity contribution in [2.24, 2.45) is 0 Å². The first kappa shape index (κ1) is 22.6. The first-order valence-corrected chi connectivity index (χ1v) is 11.0. The molecule has 0 heterocycles. The monoisotopic (exact) mass is 418 g/mol. The smallest absolute Gasteiger partial charge is 0.326 e. The number of sulfonamides is 1. The minimum Gasteiger partial charge on any atom is -0.480 e. The molecule has 7 nitrogen and oxygen atoms in total. The average molecular weight is 419 g/mol. The van der Waals surface area contributed by atoms with E-state index in [1.54, 1.807) is 18.2 Å². The predicted molar refractivity (Wildman–Crippen MR) is 110 cm³/mol. The van der Waals surface area contributed by atoms with E-state index < -0.39 is 22.0 Å². The summed E-state index contributed by atoms with van der Waals surface area (Å²) in [6.07, 6.45) is 1.92. The summed E-state index contributed by atoms with van der Waals surface area (Å²) in [5.41, 5.74) is 1.01. The van der Waals surface area contributed by atoms with Crippen LogP contribution in [0.1, 0.15) is 31.2 Å².